The van der Waals surface area contributed by atoms with Crippen molar-refractivity contribution in [3.63, 3.8) is 0 Å². The quantitative estimate of drug-likeness (QED) is 0.916. The van der Waals surface area contributed by atoms with Crippen molar-refractivity contribution in [2.45, 2.75) is 51.3 Å². The SMILES string of the molecule is C=C(C)c1nc(C)c(C2(CO)OCC3OC(C)(C)OC32)n1C. The minimum atomic E-state index is -0.960. The molecule has 3 atom stereocenters. The van der Waals surface area contributed by atoms with Gasteiger partial charge in [0.05, 0.1) is 24.6 Å². The standard InChI is InChI=1S/C16H24N2O4/c1-9(2)14-17-10(3)12(18(14)6)16(8-19)13-11(7-20-16)21-15(4,5)22-13/h11,13,19H,1,7-8H2,2-6H3. The van der Waals surface area contributed by atoms with Crippen LogP contribution in [0, 0.1) is 6.92 Å². The Hall–Kier alpha value is -1.21. The van der Waals surface area contributed by atoms with Gasteiger partial charge in [-0.1, -0.05) is 6.58 Å². The molecule has 1 aromatic rings. The molecule has 1 N–H and O–H groups in total. The summed E-state index contributed by atoms with van der Waals surface area (Å²) in [6.07, 6.45) is -0.552. The second-order valence-corrected chi connectivity index (χ2v) is 6.66. The van der Waals surface area contributed by atoms with E-state index in [1.54, 1.807) is 0 Å². The van der Waals surface area contributed by atoms with Crippen LogP contribution in [0.25, 0.3) is 5.57 Å². The van der Waals surface area contributed by atoms with E-state index in [0.717, 1.165) is 22.8 Å². The average molecular weight is 308 g/mol. The van der Waals surface area contributed by atoms with Crippen LogP contribution < -0.4 is 0 Å². The van der Waals surface area contributed by atoms with Gasteiger partial charge in [-0.25, -0.2) is 4.98 Å². The highest BCUT2D eigenvalue weighted by Gasteiger charge is 2.61. The molecule has 0 saturated carbocycles. The van der Waals surface area contributed by atoms with Crippen LogP contribution in [0.3, 0.4) is 0 Å². The van der Waals surface area contributed by atoms with Crippen molar-refractivity contribution < 1.29 is 19.3 Å². The monoisotopic (exact) mass is 308 g/mol. The molecule has 0 bridgehead atoms. The average Bonchev–Trinajstić information content (AvgIpc) is 3.00. The van der Waals surface area contributed by atoms with Crippen molar-refractivity contribution in [1.29, 1.82) is 0 Å². The molecule has 0 radical (unpaired) electrons. The second kappa shape index (κ2) is 4.89. The van der Waals surface area contributed by atoms with Gasteiger partial charge in [0.1, 0.15) is 18.0 Å². The van der Waals surface area contributed by atoms with Crippen LogP contribution in [-0.4, -0.2) is 45.9 Å². The molecular formula is C16H24N2O4. The summed E-state index contributed by atoms with van der Waals surface area (Å²) in [5.74, 6) is 0.106. The fourth-order valence-corrected chi connectivity index (χ4v) is 3.69. The molecule has 3 heterocycles. The van der Waals surface area contributed by atoms with Crippen molar-refractivity contribution in [2.75, 3.05) is 13.2 Å². The largest absolute Gasteiger partial charge is 0.393 e. The van der Waals surface area contributed by atoms with Gasteiger partial charge in [0.2, 0.25) is 0 Å². The number of rotatable bonds is 3. The zero-order chi connectivity index (χ0) is 16.3. The van der Waals surface area contributed by atoms with Crippen LogP contribution in [0.2, 0.25) is 0 Å². The summed E-state index contributed by atoms with van der Waals surface area (Å²) in [4.78, 5) is 4.57. The van der Waals surface area contributed by atoms with Crippen LogP contribution in [-0.2, 0) is 26.9 Å². The zero-order valence-corrected chi connectivity index (χ0v) is 13.8. The van der Waals surface area contributed by atoms with E-state index in [1.807, 2.05) is 39.3 Å². The van der Waals surface area contributed by atoms with E-state index < -0.39 is 11.4 Å². The fraction of sp³-hybridized carbons (Fsp3) is 0.688. The van der Waals surface area contributed by atoms with Crippen LogP contribution in [0.5, 0.6) is 0 Å². The number of aliphatic hydroxyl groups excluding tert-OH is 1. The van der Waals surface area contributed by atoms with Crippen LogP contribution in [0.15, 0.2) is 6.58 Å². The van der Waals surface area contributed by atoms with Crippen molar-refractivity contribution in [2.24, 2.45) is 7.05 Å². The number of imidazole rings is 1. The first-order valence-electron chi connectivity index (χ1n) is 7.52. The number of aromatic nitrogens is 2. The molecule has 6 nitrogen and oxygen atoms in total. The number of hydrogen-bond donors (Lipinski definition) is 1. The minimum Gasteiger partial charge on any atom is -0.393 e. The lowest BCUT2D eigenvalue weighted by Crippen LogP contribution is -2.45. The van der Waals surface area contributed by atoms with E-state index in [4.69, 9.17) is 14.2 Å². The van der Waals surface area contributed by atoms with Crippen LogP contribution in [0.4, 0.5) is 0 Å². The first-order chi connectivity index (χ1) is 10.2. The van der Waals surface area contributed by atoms with Gasteiger partial charge >= 0.3 is 0 Å². The van der Waals surface area contributed by atoms with E-state index in [1.165, 1.54) is 0 Å². The third-order valence-corrected chi connectivity index (χ3v) is 4.44. The highest BCUT2D eigenvalue weighted by molar-refractivity contribution is 5.56. The number of aryl methyl sites for hydroxylation is 1. The van der Waals surface area contributed by atoms with E-state index >= 15 is 0 Å². The molecule has 2 saturated heterocycles. The smallest absolute Gasteiger partial charge is 0.164 e. The topological polar surface area (TPSA) is 65.7 Å². The first kappa shape index (κ1) is 15.7. The van der Waals surface area contributed by atoms with Gasteiger partial charge in [-0.3, -0.25) is 0 Å². The maximum atomic E-state index is 10.2. The van der Waals surface area contributed by atoms with Gasteiger partial charge in [0.25, 0.3) is 0 Å². The molecular weight excluding hydrogens is 284 g/mol. The number of nitrogens with zero attached hydrogens (tertiary/aromatic N) is 2. The Morgan fingerprint density at radius 1 is 1.45 bits per heavy atom. The van der Waals surface area contributed by atoms with Gasteiger partial charge in [-0.2, -0.15) is 0 Å². The molecule has 0 aromatic carbocycles. The van der Waals surface area contributed by atoms with Crippen molar-refractivity contribution in [3.05, 3.63) is 23.8 Å². The van der Waals surface area contributed by atoms with Gasteiger partial charge in [0.15, 0.2) is 11.4 Å². The number of allylic oxidation sites excluding steroid dienone is 1. The Bertz CT molecular complexity index is 622. The molecule has 6 heteroatoms. The molecule has 0 spiro atoms. The molecule has 3 rings (SSSR count). The summed E-state index contributed by atoms with van der Waals surface area (Å²) < 4.78 is 19.9. The van der Waals surface area contributed by atoms with Gasteiger partial charge in [-0.15, -0.1) is 0 Å². The lowest BCUT2D eigenvalue weighted by molar-refractivity contribution is -0.205. The Kier molecular flexibility index (Phi) is 3.49. The summed E-state index contributed by atoms with van der Waals surface area (Å²) in [5, 5.41) is 10.2. The molecule has 2 fully saturated rings. The second-order valence-electron chi connectivity index (χ2n) is 6.66. The van der Waals surface area contributed by atoms with Crippen molar-refractivity contribution >= 4 is 5.57 Å². The molecule has 0 aliphatic carbocycles. The Morgan fingerprint density at radius 2 is 2.14 bits per heavy atom. The van der Waals surface area contributed by atoms with Gasteiger partial charge < -0.3 is 23.9 Å². The van der Waals surface area contributed by atoms with E-state index in [0.29, 0.717) is 6.61 Å². The lowest BCUT2D eigenvalue weighted by Gasteiger charge is -2.33. The highest BCUT2D eigenvalue weighted by Crippen LogP contribution is 2.47. The third-order valence-electron chi connectivity index (χ3n) is 4.44. The summed E-state index contributed by atoms with van der Waals surface area (Å²) in [5.41, 5.74) is 1.53. The van der Waals surface area contributed by atoms with E-state index in [9.17, 15) is 5.11 Å². The van der Waals surface area contributed by atoms with Crippen molar-refractivity contribution in [1.82, 2.24) is 9.55 Å². The predicted octanol–water partition coefficient (Wildman–Crippen LogP) is 1.50. The Balaban J connectivity index is 2.11. The normalized spacial score (nSPS) is 33.2. The molecule has 3 unspecified atom stereocenters. The maximum Gasteiger partial charge on any atom is 0.164 e. The van der Waals surface area contributed by atoms with Crippen LogP contribution >= 0.6 is 0 Å². The van der Waals surface area contributed by atoms with E-state index in [-0.39, 0.29) is 18.8 Å². The number of fused-ring (bicyclic) bond motifs is 1. The maximum absolute atomic E-state index is 10.2. The summed E-state index contributed by atoms with van der Waals surface area (Å²) in [6.45, 7) is 11.7. The minimum absolute atomic E-state index is 0.190. The molecule has 0 amide bonds. The summed E-state index contributed by atoms with van der Waals surface area (Å²) in [6, 6.07) is 0. The molecule has 122 valence electrons. The zero-order valence-electron chi connectivity index (χ0n) is 13.8. The summed E-state index contributed by atoms with van der Waals surface area (Å²) >= 11 is 0. The molecule has 1 aromatic heterocycles. The van der Waals surface area contributed by atoms with E-state index in [2.05, 4.69) is 11.6 Å². The first-order valence-corrected chi connectivity index (χ1v) is 7.52. The summed E-state index contributed by atoms with van der Waals surface area (Å²) in [7, 11) is 1.91. The number of aliphatic hydroxyl groups is 1. The molecule has 2 aliphatic heterocycles. The number of hydrogen-bond acceptors (Lipinski definition) is 5. The highest BCUT2D eigenvalue weighted by atomic mass is 16.8. The van der Waals surface area contributed by atoms with Gasteiger partial charge in [-0.05, 0) is 33.3 Å². The Labute approximate surface area is 130 Å². The lowest BCUT2D eigenvalue weighted by atomic mass is 9.91. The van der Waals surface area contributed by atoms with Crippen LogP contribution in [0.1, 0.15) is 38.0 Å². The fourth-order valence-electron chi connectivity index (χ4n) is 3.69. The predicted molar refractivity (Wildman–Crippen MR) is 81.2 cm³/mol. The molecule has 22 heavy (non-hydrogen) atoms. The number of ether oxygens (including phenoxy) is 3. The third kappa shape index (κ3) is 2.06. The van der Waals surface area contributed by atoms with Gasteiger partial charge in [0, 0.05) is 7.05 Å². The molecule has 2 aliphatic rings. The Morgan fingerprint density at radius 3 is 2.68 bits per heavy atom. The van der Waals surface area contributed by atoms with Crippen molar-refractivity contribution in [3.8, 4) is 0 Å².